The lowest BCUT2D eigenvalue weighted by Gasteiger charge is -2.50. The van der Waals surface area contributed by atoms with Crippen molar-refractivity contribution in [3.63, 3.8) is 0 Å². The van der Waals surface area contributed by atoms with Gasteiger partial charge in [0.25, 0.3) is 0 Å². The molecule has 4 nitrogen and oxygen atoms in total. The molecule has 128 valence electrons. The van der Waals surface area contributed by atoms with E-state index in [2.05, 4.69) is 23.6 Å². The van der Waals surface area contributed by atoms with Gasteiger partial charge in [-0.3, -0.25) is 4.79 Å². The number of hydrogen-bond donors (Lipinski definition) is 0. The highest BCUT2D eigenvalue weighted by Crippen LogP contribution is 2.41. The number of ether oxygens (including phenoxy) is 2. The molecule has 2 heterocycles. The van der Waals surface area contributed by atoms with Gasteiger partial charge in [-0.05, 0) is 38.0 Å². The molecule has 2 fully saturated rings. The summed E-state index contributed by atoms with van der Waals surface area (Å²) in [7, 11) is 0. The molecule has 2 saturated heterocycles. The van der Waals surface area contributed by atoms with E-state index in [0.717, 1.165) is 51.8 Å². The minimum absolute atomic E-state index is 0.0271. The van der Waals surface area contributed by atoms with Gasteiger partial charge < -0.3 is 14.4 Å². The molecule has 2 aliphatic heterocycles. The van der Waals surface area contributed by atoms with Gasteiger partial charge >= 0.3 is 0 Å². The van der Waals surface area contributed by atoms with Crippen molar-refractivity contribution in [3.05, 3.63) is 24.8 Å². The zero-order chi connectivity index (χ0) is 16.1. The second-order valence-electron chi connectivity index (χ2n) is 7.20. The van der Waals surface area contributed by atoms with Crippen molar-refractivity contribution in [1.82, 2.24) is 4.90 Å². The molecule has 3 rings (SSSR count). The summed E-state index contributed by atoms with van der Waals surface area (Å²) < 4.78 is 11.8. The van der Waals surface area contributed by atoms with E-state index in [0.29, 0.717) is 31.5 Å². The van der Waals surface area contributed by atoms with E-state index in [-0.39, 0.29) is 11.5 Å². The number of hydrogen-bond acceptors (Lipinski definition) is 3. The number of piperidine rings is 1. The number of allylic oxidation sites excluding steroid dienone is 2. The number of carbonyl (C=O) groups is 1. The highest BCUT2D eigenvalue weighted by Gasteiger charge is 2.47. The molecule has 0 aromatic rings. The van der Waals surface area contributed by atoms with E-state index >= 15 is 0 Å². The maximum atomic E-state index is 12.7. The Balaban J connectivity index is 1.63. The second kappa shape index (κ2) is 7.63. The van der Waals surface area contributed by atoms with E-state index < -0.39 is 0 Å². The molecule has 1 amide bonds. The Bertz CT molecular complexity index is 462. The van der Waals surface area contributed by atoms with Crippen LogP contribution >= 0.6 is 0 Å². The minimum atomic E-state index is -0.0271. The normalized spacial score (nSPS) is 33.5. The van der Waals surface area contributed by atoms with Gasteiger partial charge in [-0.1, -0.05) is 18.2 Å². The third kappa shape index (κ3) is 3.86. The fourth-order valence-corrected chi connectivity index (χ4v) is 4.28. The van der Waals surface area contributed by atoms with Crippen molar-refractivity contribution in [2.75, 3.05) is 32.9 Å². The number of rotatable bonds is 6. The van der Waals surface area contributed by atoms with Crippen molar-refractivity contribution >= 4 is 5.91 Å². The lowest BCUT2D eigenvalue weighted by molar-refractivity contribution is -0.164. The predicted octanol–water partition coefficient (Wildman–Crippen LogP) is 2.94. The Morgan fingerprint density at radius 1 is 1.48 bits per heavy atom. The van der Waals surface area contributed by atoms with Crippen molar-refractivity contribution in [2.24, 2.45) is 11.3 Å². The molecule has 0 saturated carbocycles. The molecule has 0 unspecified atom stereocenters. The average molecular weight is 319 g/mol. The van der Waals surface area contributed by atoms with Gasteiger partial charge in [0.15, 0.2) is 0 Å². The molecule has 0 spiro atoms. The summed E-state index contributed by atoms with van der Waals surface area (Å²) in [5, 5.41) is 0. The van der Waals surface area contributed by atoms with Crippen LogP contribution in [0.1, 0.15) is 38.5 Å². The van der Waals surface area contributed by atoms with Gasteiger partial charge in [0.05, 0.1) is 19.3 Å². The van der Waals surface area contributed by atoms with Gasteiger partial charge in [-0.25, -0.2) is 0 Å². The maximum absolute atomic E-state index is 12.7. The van der Waals surface area contributed by atoms with Crippen molar-refractivity contribution in [2.45, 2.75) is 44.6 Å². The molecule has 1 aliphatic carbocycles. The molecule has 3 atom stereocenters. The number of carbonyl (C=O) groups excluding carboxylic acids is 1. The Hall–Kier alpha value is -1.13. The molecular formula is C19H29NO3. The zero-order valence-electron chi connectivity index (χ0n) is 14.0. The summed E-state index contributed by atoms with van der Waals surface area (Å²) in [6.45, 7) is 7.39. The molecule has 23 heavy (non-hydrogen) atoms. The van der Waals surface area contributed by atoms with Gasteiger partial charge in [0.2, 0.25) is 5.91 Å². The Kier molecular flexibility index (Phi) is 5.54. The van der Waals surface area contributed by atoms with Crippen LogP contribution in [0.3, 0.4) is 0 Å². The number of amides is 1. The molecular weight excluding hydrogens is 290 g/mol. The van der Waals surface area contributed by atoms with Gasteiger partial charge in [0.1, 0.15) is 0 Å². The van der Waals surface area contributed by atoms with Gasteiger partial charge in [0, 0.05) is 31.5 Å². The summed E-state index contributed by atoms with van der Waals surface area (Å²) in [4.78, 5) is 14.8. The SMILES string of the molecule is C=CCOC[C@]12CCCO[C@@H]1CCN(C(=O)C[C@H]1C=CCC1)C2. The van der Waals surface area contributed by atoms with Crippen molar-refractivity contribution in [3.8, 4) is 0 Å². The average Bonchev–Trinajstić information content (AvgIpc) is 3.07. The standard InChI is InChI=1S/C19H29NO3/c1-2-11-22-15-19-9-5-12-23-17(19)8-10-20(14-19)18(21)13-16-6-3-4-7-16/h2-3,6,16-17H,1,4-5,7-15H2/t16-,17+,19+/m0/s1. The van der Waals surface area contributed by atoms with Crippen LogP contribution in [0.5, 0.6) is 0 Å². The fourth-order valence-electron chi connectivity index (χ4n) is 4.28. The van der Waals surface area contributed by atoms with E-state index in [9.17, 15) is 4.79 Å². The van der Waals surface area contributed by atoms with Crippen LogP contribution in [-0.4, -0.2) is 49.8 Å². The van der Waals surface area contributed by atoms with E-state index in [1.54, 1.807) is 6.08 Å². The van der Waals surface area contributed by atoms with E-state index in [4.69, 9.17) is 9.47 Å². The van der Waals surface area contributed by atoms with Crippen LogP contribution in [0.25, 0.3) is 0 Å². The van der Waals surface area contributed by atoms with Crippen LogP contribution in [0.2, 0.25) is 0 Å². The molecule has 0 N–H and O–H groups in total. The quantitative estimate of drug-likeness (QED) is 0.558. The first-order valence-corrected chi connectivity index (χ1v) is 8.98. The Morgan fingerprint density at radius 2 is 2.39 bits per heavy atom. The first-order valence-electron chi connectivity index (χ1n) is 8.98. The van der Waals surface area contributed by atoms with Crippen molar-refractivity contribution < 1.29 is 14.3 Å². The van der Waals surface area contributed by atoms with Crippen LogP contribution in [0.4, 0.5) is 0 Å². The summed E-state index contributed by atoms with van der Waals surface area (Å²) in [6.07, 6.45) is 12.4. The highest BCUT2D eigenvalue weighted by molar-refractivity contribution is 5.77. The first-order chi connectivity index (χ1) is 11.2. The Labute approximate surface area is 139 Å². The summed E-state index contributed by atoms with van der Waals surface area (Å²) in [5.41, 5.74) is -0.0271. The topological polar surface area (TPSA) is 38.8 Å². The number of fused-ring (bicyclic) bond motifs is 1. The zero-order valence-corrected chi connectivity index (χ0v) is 14.0. The van der Waals surface area contributed by atoms with Crippen LogP contribution in [0, 0.1) is 11.3 Å². The molecule has 0 radical (unpaired) electrons. The lowest BCUT2D eigenvalue weighted by atomic mass is 9.73. The van der Waals surface area contributed by atoms with Gasteiger partial charge in [-0.15, -0.1) is 6.58 Å². The van der Waals surface area contributed by atoms with E-state index in [1.165, 1.54) is 0 Å². The molecule has 0 aromatic heterocycles. The fraction of sp³-hybridized carbons (Fsp3) is 0.737. The monoisotopic (exact) mass is 319 g/mol. The number of likely N-dealkylation sites (tertiary alicyclic amines) is 1. The Morgan fingerprint density at radius 3 is 3.17 bits per heavy atom. The molecule has 4 heteroatoms. The second-order valence-corrected chi connectivity index (χ2v) is 7.20. The van der Waals surface area contributed by atoms with Crippen molar-refractivity contribution in [1.29, 1.82) is 0 Å². The minimum Gasteiger partial charge on any atom is -0.377 e. The third-order valence-electron chi connectivity index (χ3n) is 5.52. The highest BCUT2D eigenvalue weighted by atomic mass is 16.5. The summed E-state index contributed by atoms with van der Waals surface area (Å²) >= 11 is 0. The number of nitrogens with zero attached hydrogens (tertiary/aromatic N) is 1. The third-order valence-corrected chi connectivity index (χ3v) is 5.52. The van der Waals surface area contributed by atoms with Gasteiger partial charge in [-0.2, -0.15) is 0 Å². The summed E-state index contributed by atoms with van der Waals surface area (Å²) in [5.74, 6) is 0.740. The molecule has 3 aliphatic rings. The molecule has 0 bridgehead atoms. The van der Waals surface area contributed by atoms with Crippen LogP contribution in [0.15, 0.2) is 24.8 Å². The first kappa shape index (κ1) is 16.7. The van der Waals surface area contributed by atoms with E-state index in [1.807, 2.05) is 0 Å². The largest absolute Gasteiger partial charge is 0.377 e. The maximum Gasteiger partial charge on any atom is 0.223 e. The summed E-state index contributed by atoms with van der Waals surface area (Å²) in [6, 6.07) is 0. The lowest BCUT2D eigenvalue weighted by Crippen LogP contribution is -2.58. The molecule has 0 aromatic carbocycles. The predicted molar refractivity (Wildman–Crippen MR) is 90.1 cm³/mol. The van der Waals surface area contributed by atoms with Crippen LogP contribution < -0.4 is 0 Å². The van der Waals surface area contributed by atoms with Crippen LogP contribution in [-0.2, 0) is 14.3 Å². The smallest absolute Gasteiger partial charge is 0.223 e.